The van der Waals surface area contributed by atoms with Gasteiger partial charge in [0.15, 0.2) is 17.5 Å². The molecule has 308 valence electrons. The Morgan fingerprint density at radius 2 is 0.652 bits per heavy atom. The zero-order valence-corrected chi connectivity index (χ0v) is 35.8. The van der Waals surface area contributed by atoms with Gasteiger partial charge in [0, 0.05) is 49.6 Å². The molecule has 3 heterocycles. The van der Waals surface area contributed by atoms with Crippen LogP contribution in [0.1, 0.15) is 0 Å². The van der Waals surface area contributed by atoms with Crippen LogP contribution in [0, 0.1) is 0 Å². The SMILES string of the molecule is c1ccc(-c2ccc3c(c2)c2ccccc2n3-c2cccc(-c3nc(-c4cccc(-c5ccc6c(c5)c5ccccc5n6-c5ccccc5)c4)nc(-c4ccc5ccccc5c4)n3)c2)cc1. The molecule has 5 nitrogen and oxygen atoms in total. The van der Waals surface area contributed by atoms with Crippen molar-refractivity contribution in [1.29, 1.82) is 0 Å². The second-order valence-electron chi connectivity index (χ2n) is 16.9. The van der Waals surface area contributed by atoms with Crippen LogP contribution in [-0.2, 0) is 0 Å². The molecule has 0 radical (unpaired) electrons. The van der Waals surface area contributed by atoms with Gasteiger partial charge in [0.1, 0.15) is 0 Å². The van der Waals surface area contributed by atoms with Gasteiger partial charge in [0.2, 0.25) is 0 Å². The first kappa shape index (κ1) is 37.6. The summed E-state index contributed by atoms with van der Waals surface area (Å²) in [5.74, 6) is 1.84. The Balaban J connectivity index is 0.951. The van der Waals surface area contributed by atoms with Crippen molar-refractivity contribution < 1.29 is 0 Å². The van der Waals surface area contributed by atoms with E-state index in [1.54, 1.807) is 0 Å². The Morgan fingerprint density at radius 3 is 1.32 bits per heavy atom. The standard InChI is InChI=1S/C61H39N5/c1-3-15-40(16-4-1)44-31-33-58-53(38-44)52-26-10-12-28-56(52)66(58)50-24-14-21-47(37-50)60-62-59(63-61(64-60)48-30-29-41-17-7-8-18-42(41)35-48)46-20-13-19-43(36-46)45-32-34-57-54(39-45)51-25-9-11-27-55(51)65(57)49-22-5-2-6-23-49/h1-39H. The Labute approximate surface area is 381 Å². The van der Waals surface area contributed by atoms with Gasteiger partial charge >= 0.3 is 0 Å². The minimum absolute atomic E-state index is 0.609. The number of para-hydroxylation sites is 3. The van der Waals surface area contributed by atoms with Crippen molar-refractivity contribution in [3.05, 3.63) is 237 Å². The fraction of sp³-hybridized carbons (Fsp3) is 0. The maximum Gasteiger partial charge on any atom is 0.164 e. The molecular formula is C61H39N5. The smallest absolute Gasteiger partial charge is 0.164 e. The lowest BCUT2D eigenvalue weighted by atomic mass is 10.0. The molecule has 0 atom stereocenters. The summed E-state index contributed by atoms with van der Waals surface area (Å²) in [7, 11) is 0. The van der Waals surface area contributed by atoms with Gasteiger partial charge in [-0.05, 0) is 106 Å². The highest BCUT2D eigenvalue weighted by atomic mass is 15.0. The maximum absolute atomic E-state index is 5.28. The average Bonchev–Trinajstić information content (AvgIpc) is 3.91. The Hall–Kier alpha value is -8.93. The highest BCUT2D eigenvalue weighted by molar-refractivity contribution is 6.11. The average molecular weight is 842 g/mol. The molecule has 0 bridgehead atoms. The molecule has 0 fully saturated rings. The second-order valence-corrected chi connectivity index (χ2v) is 16.9. The van der Waals surface area contributed by atoms with Crippen LogP contribution in [-0.4, -0.2) is 24.1 Å². The predicted octanol–water partition coefficient (Wildman–Crippen LogP) is 15.6. The Morgan fingerprint density at radius 1 is 0.227 bits per heavy atom. The minimum Gasteiger partial charge on any atom is -0.309 e. The van der Waals surface area contributed by atoms with Crippen molar-refractivity contribution >= 4 is 54.4 Å². The molecule has 13 rings (SSSR count). The van der Waals surface area contributed by atoms with Crippen LogP contribution < -0.4 is 0 Å². The molecular weight excluding hydrogens is 803 g/mol. The van der Waals surface area contributed by atoms with Gasteiger partial charge in [-0.1, -0.05) is 164 Å². The summed E-state index contributed by atoms with van der Waals surface area (Å²) in [6, 6.07) is 84.1. The molecule has 0 aliphatic carbocycles. The van der Waals surface area contributed by atoms with Gasteiger partial charge in [0.05, 0.1) is 22.1 Å². The van der Waals surface area contributed by atoms with Crippen molar-refractivity contribution in [2.75, 3.05) is 0 Å². The van der Waals surface area contributed by atoms with Crippen LogP contribution in [0.15, 0.2) is 237 Å². The third-order valence-electron chi connectivity index (χ3n) is 12.9. The molecule has 13 aromatic rings. The lowest BCUT2D eigenvalue weighted by Crippen LogP contribution is -2.01. The van der Waals surface area contributed by atoms with Gasteiger partial charge < -0.3 is 9.13 Å². The lowest BCUT2D eigenvalue weighted by Gasteiger charge is -2.12. The molecule has 0 unspecified atom stereocenters. The van der Waals surface area contributed by atoms with Crippen molar-refractivity contribution in [2.24, 2.45) is 0 Å². The first-order valence-electron chi connectivity index (χ1n) is 22.3. The minimum atomic E-state index is 0.609. The summed E-state index contributed by atoms with van der Waals surface area (Å²) in [6.07, 6.45) is 0. The van der Waals surface area contributed by atoms with E-state index >= 15 is 0 Å². The Bertz CT molecular complexity index is 4000. The van der Waals surface area contributed by atoms with Crippen LogP contribution in [0.25, 0.3) is 122 Å². The number of aromatic nitrogens is 5. The number of fused-ring (bicyclic) bond motifs is 7. The maximum atomic E-state index is 5.28. The first-order chi connectivity index (χ1) is 32.7. The van der Waals surface area contributed by atoms with Gasteiger partial charge in [-0.3, -0.25) is 0 Å². The summed E-state index contributed by atoms with van der Waals surface area (Å²) < 4.78 is 4.70. The van der Waals surface area contributed by atoms with E-state index in [-0.39, 0.29) is 0 Å². The summed E-state index contributed by atoms with van der Waals surface area (Å²) in [5, 5.41) is 7.14. The van der Waals surface area contributed by atoms with E-state index in [1.807, 2.05) is 0 Å². The van der Waals surface area contributed by atoms with E-state index in [1.165, 1.54) is 49.1 Å². The Kier molecular flexibility index (Phi) is 8.78. The van der Waals surface area contributed by atoms with Crippen molar-refractivity contribution in [3.8, 4) is 67.8 Å². The summed E-state index contributed by atoms with van der Waals surface area (Å²) in [4.78, 5) is 15.7. The van der Waals surface area contributed by atoms with Gasteiger partial charge in [-0.2, -0.15) is 0 Å². The van der Waals surface area contributed by atoms with Gasteiger partial charge in [-0.25, -0.2) is 15.0 Å². The fourth-order valence-electron chi connectivity index (χ4n) is 9.78. The van der Waals surface area contributed by atoms with Crippen molar-refractivity contribution in [2.45, 2.75) is 0 Å². The molecule has 0 saturated heterocycles. The summed E-state index contributed by atoms with van der Waals surface area (Å²) in [5.41, 5.74) is 14.2. The van der Waals surface area contributed by atoms with Gasteiger partial charge in [-0.15, -0.1) is 0 Å². The molecule has 10 aromatic carbocycles. The highest BCUT2D eigenvalue weighted by Gasteiger charge is 2.18. The van der Waals surface area contributed by atoms with E-state index in [2.05, 4.69) is 246 Å². The largest absolute Gasteiger partial charge is 0.309 e. The van der Waals surface area contributed by atoms with Crippen LogP contribution in [0.4, 0.5) is 0 Å². The van der Waals surface area contributed by atoms with Crippen molar-refractivity contribution in [1.82, 2.24) is 24.1 Å². The number of benzene rings is 10. The fourth-order valence-corrected chi connectivity index (χ4v) is 9.78. The molecule has 0 N–H and O–H groups in total. The lowest BCUT2D eigenvalue weighted by molar-refractivity contribution is 1.07. The van der Waals surface area contributed by atoms with Crippen LogP contribution in [0.3, 0.4) is 0 Å². The monoisotopic (exact) mass is 841 g/mol. The number of nitrogens with zero attached hydrogens (tertiary/aromatic N) is 5. The van der Waals surface area contributed by atoms with Crippen LogP contribution >= 0.6 is 0 Å². The zero-order valence-electron chi connectivity index (χ0n) is 35.8. The van der Waals surface area contributed by atoms with E-state index < -0.39 is 0 Å². The molecule has 66 heavy (non-hydrogen) atoms. The van der Waals surface area contributed by atoms with E-state index in [0.717, 1.165) is 55.6 Å². The normalized spacial score (nSPS) is 11.6. The molecule has 0 aliphatic rings. The number of hydrogen-bond donors (Lipinski definition) is 0. The third-order valence-corrected chi connectivity index (χ3v) is 12.9. The molecule has 0 saturated carbocycles. The van der Waals surface area contributed by atoms with Crippen LogP contribution in [0.2, 0.25) is 0 Å². The summed E-state index contributed by atoms with van der Waals surface area (Å²) in [6.45, 7) is 0. The molecule has 0 spiro atoms. The third kappa shape index (κ3) is 6.36. The predicted molar refractivity (Wildman–Crippen MR) is 273 cm³/mol. The molecule has 5 heteroatoms. The van der Waals surface area contributed by atoms with E-state index in [0.29, 0.717) is 17.5 Å². The molecule has 0 aliphatic heterocycles. The molecule has 3 aromatic heterocycles. The van der Waals surface area contributed by atoms with Crippen LogP contribution in [0.5, 0.6) is 0 Å². The first-order valence-corrected chi connectivity index (χ1v) is 22.3. The summed E-state index contributed by atoms with van der Waals surface area (Å²) >= 11 is 0. The number of hydrogen-bond acceptors (Lipinski definition) is 3. The zero-order chi connectivity index (χ0) is 43.6. The highest BCUT2D eigenvalue weighted by Crippen LogP contribution is 2.38. The topological polar surface area (TPSA) is 48.5 Å². The van der Waals surface area contributed by atoms with Crippen molar-refractivity contribution in [3.63, 3.8) is 0 Å². The van der Waals surface area contributed by atoms with Gasteiger partial charge in [0.25, 0.3) is 0 Å². The second kappa shape index (κ2) is 15.4. The van der Waals surface area contributed by atoms with E-state index in [4.69, 9.17) is 15.0 Å². The number of rotatable bonds is 7. The van der Waals surface area contributed by atoms with E-state index in [9.17, 15) is 0 Å². The molecule has 0 amide bonds. The quantitative estimate of drug-likeness (QED) is 0.161.